The van der Waals surface area contributed by atoms with Crippen LogP contribution in [0.3, 0.4) is 0 Å². The van der Waals surface area contributed by atoms with Gasteiger partial charge >= 0.3 is 11.9 Å². The van der Waals surface area contributed by atoms with E-state index < -0.39 is 11.9 Å². The molecule has 142 valence electrons. The van der Waals surface area contributed by atoms with Gasteiger partial charge in [0.15, 0.2) is 6.61 Å². The fourth-order valence-corrected chi connectivity index (χ4v) is 4.49. The van der Waals surface area contributed by atoms with Crippen LogP contribution >= 0.6 is 11.3 Å². The van der Waals surface area contributed by atoms with Gasteiger partial charge in [0.05, 0.1) is 17.6 Å². The first-order valence-electron chi connectivity index (χ1n) is 9.18. The summed E-state index contributed by atoms with van der Waals surface area (Å²) in [6.07, 6.45) is 4.42. The van der Waals surface area contributed by atoms with Gasteiger partial charge in [-0.2, -0.15) is 0 Å². The smallest absolute Gasteiger partial charge is 0.341 e. The molecule has 1 N–H and O–H groups in total. The average molecular weight is 379 g/mol. The highest BCUT2D eigenvalue weighted by Crippen LogP contribution is 2.39. The van der Waals surface area contributed by atoms with Crippen molar-refractivity contribution >= 4 is 34.2 Å². The second-order valence-corrected chi connectivity index (χ2v) is 8.45. The summed E-state index contributed by atoms with van der Waals surface area (Å²) in [4.78, 5) is 37.6. The number of esters is 2. The van der Waals surface area contributed by atoms with E-state index in [0.29, 0.717) is 16.5 Å². The number of carbonyl (C=O) groups excluding carboxylic acids is 3. The topological polar surface area (TPSA) is 81.7 Å². The minimum atomic E-state index is -0.427. The summed E-state index contributed by atoms with van der Waals surface area (Å²) in [5.74, 6) is -0.889. The van der Waals surface area contributed by atoms with Gasteiger partial charge in [0.25, 0.3) is 5.91 Å². The second-order valence-electron chi connectivity index (χ2n) is 7.34. The van der Waals surface area contributed by atoms with E-state index in [1.807, 2.05) is 6.92 Å². The fourth-order valence-electron chi connectivity index (χ4n) is 3.20. The molecule has 26 heavy (non-hydrogen) atoms. The number of hydrogen-bond acceptors (Lipinski definition) is 6. The Kier molecular flexibility index (Phi) is 5.65. The summed E-state index contributed by atoms with van der Waals surface area (Å²) in [5.41, 5.74) is 1.46. The molecule has 0 radical (unpaired) electrons. The third kappa shape index (κ3) is 4.26. The first kappa shape index (κ1) is 18.9. The van der Waals surface area contributed by atoms with Crippen LogP contribution < -0.4 is 5.32 Å². The Hall–Kier alpha value is -1.89. The van der Waals surface area contributed by atoms with Crippen LogP contribution in [-0.2, 0) is 31.9 Å². The number of ether oxygens (including phenoxy) is 2. The standard InChI is InChI=1S/C19H25NO5S/c1-10(2)25-19(23)16-12-6-4-5-7-14(12)26-17(16)20-15(21)9-24-18(22)13-8-11(13)3/h10-11,13H,4-9H2,1-3H3,(H,20,21)/t11-,13-/m0/s1. The van der Waals surface area contributed by atoms with Gasteiger partial charge in [-0.05, 0) is 57.4 Å². The van der Waals surface area contributed by atoms with Gasteiger partial charge in [-0.15, -0.1) is 11.3 Å². The van der Waals surface area contributed by atoms with Crippen LogP contribution in [0.5, 0.6) is 0 Å². The maximum Gasteiger partial charge on any atom is 0.341 e. The molecule has 7 heteroatoms. The Balaban J connectivity index is 1.69. The van der Waals surface area contributed by atoms with Crippen LogP contribution in [0.2, 0.25) is 0 Å². The first-order chi connectivity index (χ1) is 12.4. The third-order valence-corrected chi connectivity index (χ3v) is 5.94. The largest absolute Gasteiger partial charge is 0.459 e. The molecule has 1 heterocycles. The van der Waals surface area contributed by atoms with Gasteiger partial charge in [-0.1, -0.05) is 6.92 Å². The van der Waals surface area contributed by atoms with Crippen molar-refractivity contribution in [3.05, 3.63) is 16.0 Å². The number of anilines is 1. The summed E-state index contributed by atoms with van der Waals surface area (Å²) in [5, 5.41) is 3.25. The zero-order chi connectivity index (χ0) is 18.8. The number of rotatable bonds is 6. The van der Waals surface area contributed by atoms with E-state index in [-0.39, 0.29) is 24.6 Å². The maximum absolute atomic E-state index is 12.5. The Bertz CT molecular complexity index is 724. The van der Waals surface area contributed by atoms with Crippen LogP contribution in [0.1, 0.15) is 60.8 Å². The van der Waals surface area contributed by atoms with E-state index in [1.165, 1.54) is 11.3 Å². The van der Waals surface area contributed by atoms with E-state index in [0.717, 1.165) is 42.5 Å². The summed E-state index contributed by atoms with van der Waals surface area (Å²) < 4.78 is 10.4. The molecule has 1 aromatic heterocycles. The Labute approximate surface area is 157 Å². The van der Waals surface area contributed by atoms with Crippen molar-refractivity contribution in [2.45, 2.75) is 59.0 Å². The van der Waals surface area contributed by atoms with Gasteiger partial charge in [-0.25, -0.2) is 4.79 Å². The van der Waals surface area contributed by atoms with Gasteiger partial charge in [0.1, 0.15) is 5.00 Å². The van der Waals surface area contributed by atoms with Gasteiger partial charge in [0, 0.05) is 4.88 Å². The van der Waals surface area contributed by atoms with Crippen molar-refractivity contribution in [1.82, 2.24) is 0 Å². The zero-order valence-corrected chi connectivity index (χ0v) is 16.2. The van der Waals surface area contributed by atoms with Gasteiger partial charge < -0.3 is 14.8 Å². The van der Waals surface area contributed by atoms with Crippen molar-refractivity contribution < 1.29 is 23.9 Å². The first-order valence-corrected chi connectivity index (χ1v) is 10.0. The van der Waals surface area contributed by atoms with Crippen molar-refractivity contribution in [3.63, 3.8) is 0 Å². The normalized spacial score (nSPS) is 21.1. The fraction of sp³-hybridized carbons (Fsp3) is 0.632. The summed E-state index contributed by atoms with van der Waals surface area (Å²) >= 11 is 1.43. The number of aryl methyl sites for hydroxylation is 1. The zero-order valence-electron chi connectivity index (χ0n) is 15.4. The van der Waals surface area contributed by atoms with E-state index in [1.54, 1.807) is 13.8 Å². The van der Waals surface area contributed by atoms with Crippen LogP contribution in [0.4, 0.5) is 5.00 Å². The van der Waals surface area contributed by atoms with Crippen LogP contribution in [0, 0.1) is 11.8 Å². The van der Waals surface area contributed by atoms with Crippen molar-refractivity contribution in [2.24, 2.45) is 11.8 Å². The molecular weight excluding hydrogens is 354 g/mol. The summed E-state index contributed by atoms with van der Waals surface area (Å²) in [7, 11) is 0. The molecule has 1 fully saturated rings. The molecule has 0 aromatic carbocycles. The lowest BCUT2D eigenvalue weighted by molar-refractivity contribution is -0.148. The Morgan fingerprint density at radius 1 is 1.23 bits per heavy atom. The Morgan fingerprint density at radius 2 is 1.92 bits per heavy atom. The highest BCUT2D eigenvalue weighted by Gasteiger charge is 2.40. The number of fused-ring (bicyclic) bond motifs is 1. The molecule has 0 saturated heterocycles. The van der Waals surface area contributed by atoms with Gasteiger partial charge in [0.2, 0.25) is 0 Å². The van der Waals surface area contributed by atoms with E-state index in [2.05, 4.69) is 5.32 Å². The summed E-state index contributed by atoms with van der Waals surface area (Å²) in [6, 6.07) is 0. The van der Waals surface area contributed by atoms with Crippen LogP contribution in [-0.4, -0.2) is 30.6 Å². The SMILES string of the molecule is CC(C)OC(=O)c1c(NC(=O)COC(=O)[C@H]2C[C@@H]2C)sc2c1CCCC2. The lowest BCUT2D eigenvalue weighted by Crippen LogP contribution is -2.23. The molecule has 0 bridgehead atoms. The highest BCUT2D eigenvalue weighted by molar-refractivity contribution is 7.17. The quantitative estimate of drug-likeness (QED) is 0.767. The molecular formula is C19H25NO5S. The molecule has 2 atom stereocenters. The molecule has 1 aromatic rings. The number of nitrogens with one attached hydrogen (secondary N) is 1. The van der Waals surface area contributed by atoms with Crippen molar-refractivity contribution in [1.29, 1.82) is 0 Å². The van der Waals surface area contributed by atoms with E-state index in [4.69, 9.17) is 9.47 Å². The number of hydrogen-bond donors (Lipinski definition) is 1. The number of amides is 1. The average Bonchev–Trinajstić information content (AvgIpc) is 3.19. The van der Waals surface area contributed by atoms with Crippen LogP contribution in [0.15, 0.2) is 0 Å². The number of thiophene rings is 1. The second kappa shape index (κ2) is 7.78. The monoisotopic (exact) mass is 379 g/mol. The Morgan fingerprint density at radius 3 is 2.58 bits per heavy atom. The molecule has 2 aliphatic carbocycles. The van der Waals surface area contributed by atoms with Gasteiger partial charge in [-0.3, -0.25) is 9.59 Å². The molecule has 2 aliphatic rings. The minimum absolute atomic E-state index is 0.0755. The van der Waals surface area contributed by atoms with Crippen molar-refractivity contribution in [2.75, 3.05) is 11.9 Å². The van der Waals surface area contributed by atoms with Crippen LogP contribution in [0.25, 0.3) is 0 Å². The molecule has 3 rings (SSSR count). The lowest BCUT2D eigenvalue weighted by Gasteiger charge is -2.14. The molecule has 0 spiro atoms. The molecule has 1 amide bonds. The van der Waals surface area contributed by atoms with E-state index in [9.17, 15) is 14.4 Å². The highest BCUT2D eigenvalue weighted by atomic mass is 32.1. The maximum atomic E-state index is 12.5. The third-order valence-electron chi connectivity index (χ3n) is 4.73. The van der Waals surface area contributed by atoms with Crippen molar-refractivity contribution in [3.8, 4) is 0 Å². The lowest BCUT2D eigenvalue weighted by atomic mass is 9.95. The minimum Gasteiger partial charge on any atom is -0.459 e. The molecule has 0 aliphatic heterocycles. The number of carbonyl (C=O) groups is 3. The van der Waals surface area contributed by atoms with E-state index >= 15 is 0 Å². The molecule has 1 saturated carbocycles. The predicted octanol–water partition coefficient (Wildman–Crippen LogP) is 3.33. The predicted molar refractivity (Wildman–Crippen MR) is 98.4 cm³/mol. The molecule has 6 nitrogen and oxygen atoms in total. The molecule has 0 unspecified atom stereocenters. The summed E-state index contributed by atoms with van der Waals surface area (Å²) in [6.45, 7) is 5.25.